The maximum atomic E-state index is 12.3. The molecule has 0 spiro atoms. The van der Waals surface area contributed by atoms with Crippen LogP contribution >= 0.6 is 0 Å². The number of likely N-dealkylation sites (tertiary alicyclic amines) is 1. The zero-order valence-corrected chi connectivity index (χ0v) is 14.0. The molecule has 0 aromatic heterocycles. The fourth-order valence-corrected chi connectivity index (χ4v) is 2.63. The van der Waals surface area contributed by atoms with E-state index in [0.717, 1.165) is 5.69 Å². The van der Waals surface area contributed by atoms with Crippen LogP contribution in [0.15, 0.2) is 24.3 Å². The van der Waals surface area contributed by atoms with Gasteiger partial charge in [-0.25, -0.2) is 0 Å². The number of hydrogen-bond donors (Lipinski definition) is 1. The lowest BCUT2D eigenvalue weighted by Gasteiger charge is -2.32. The van der Waals surface area contributed by atoms with Gasteiger partial charge in [0, 0.05) is 43.9 Å². The number of carbonyl (C=O) groups excluding carboxylic acids is 2. The van der Waals surface area contributed by atoms with Gasteiger partial charge in [-0.15, -0.1) is 0 Å². The third-order valence-corrected chi connectivity index (χ3v) is 3.92. The quantitative estimate of drug-likeness (QED) is 0.927. The summed E-state index contributed by atoms with van der Waals surface area (Å²) in [5.41, 5.74) is 1.46. The van der Waals surface area contributed by atoms with Gasteiger partial charge in [-0.3, -0.25) is 9.59 Å². The van der Waals surface area contributed by atoms with Crippen LogP contribution in [0.1, 0.15) is 37.6 Å². The first-order valence-electron chi connectivity index (χ1n) is 7.57. The van der Waals surface area contributed by atoms with Gasteiger partial charge in [0.15, 0.2) is 0 Å². The molecule has 1 saturated heterocycles. The van der Waals surface area contributed by atoms with Gasteiger partial charge < -0.3 is 15.1 Å². The van der Waals surface area contributed by atoms with Gasteiger partial charge in [0.1, 0.15) is 0 Å². The molecule has 0 saturated carbocycles. The van der Waals surface area contributed by atoms with E-state index in [2.05, 4.69) is 5.32 Å². The van der Waals surface area contributed by atoms with Crippen molar-refractivity contribution in [3.8, 4) is 0 Å². The van der Waals surface area contributed by atoms with Gasteiger partial charge in [-0.05, 0) is 45.0 Å². The average Bonchev–Trinajstić information content (AvgIpc) is 2.79. The zero-order chi connectivity index (χ0) is 16.5. The standard InChI is InChI=1S/C17H25N3O2/c1-17(2,3)20-11-13(10-15(20)21)18-16(22)12-6-8-14(9-7-12)19(4)5/h6-9,13H,10-11H2,1-5H3,(H,18,22). The molecule has 1 aromatic rings. The topological polar surface area (TPSA) is 52.7 Å². The van der Waals surface area contributed by atoms with Crippen LogP contribution in [-0.4, -0.2) is 48.9 Å². The van der Waals surface area contributed by atoms with E-state index in [9.17, 15) is 9.59 Å². The first-order valence-corrected chi connectivity index (χ1v) is 7.57. The summed E-state index contributed by atoms with van der Waals surface area (Å²) >= 11 is 0. The molecule has 1 aliphatic heterocycles. The van der Waals surface area contributed by atoms with Crippen LogP contribution in [0.3, 0.4) is 0 Å². The number of nitrogens with zero attached hydrogens (tertiary/aromatic N) is 2. The highest BCUT2D eigenvalue weighted by molar-refractivity contribution is 5.95. The largest absolute Gasteiger partial charge is 0.378 e. The molecule has 5 heteroatoms. The Bertz CT molecular complexity index is 558. The van der Waals surface area contributed by atoms with Crippen LogP contribution < -0.4 is 10.2 Å². The highest BCUT2D eigenvalue weighted by atomic mass is 16.2. The molecule has 1 atom stereocenters. The Hall–Kier alpha value is -2.04. The van der Waals surface area contributed by atoms with E-state index in [1.165, 1.54) is 0 Å². The molecule has 120 valence electrons. The lowest BCUT2D eigenvalue weighted by atomic mass is 10.1. The molecule has 1 aliphatic rings. The highest BCUT2D eigenvalue weighted by Gasteiger charge is 2.36. The van der Waals surface area contributed by atoms with Crippen molar-refractivity contribution < 1.29 is 9.59 Å². The Morgan fingerprint density at radius 3 is 2.27 bits per heavy atom. The molecule has 5 nitrogen and oxygen atoms in total. The zero-order valence-electron chi connectivity index (χ0n) is 14.0. The van der Waals surface area contributed by atoms with Gasteiger partial charge in [-0.1, -0.05) is 0 Å². The second kappa shape index (κ2) is 5.99. The van der Waals surface area contributed by atoms with Gasteiger partial charge in [0.2, 0.25) is 5.91 Å². The highest BCUT2D eigenvalue weighted by Crippen LogP contribution is 2.22. The van der Waals surface area contributed by atoms with E-state index in [4.69, 9.17) is 0 Å². The summed E-state index contributed by atoms with van der Waals surface area (Å²) in [4.78, 5) is 28.1. The number of anilines is 1. The minimum absolute atomic E-state index is 0.0979. The Morgan fingerprint density at radius 1 is 1.23 bits per heavy atom. The van der Waals surface area contributed by atoms with Crippen molar-refractivity contribution in [1.29, 1.82) is 0 Å². The smallest absolute Gasteiger partial charge is 0.251 e. The van der Waals surface area contributed by atoms with Crippen molar-refractivity contribution in [1.82, 2.24) is 10.2 Å². The summed E-state index contributed by atoms with van der Waals surface area (Å²) in [7, 11) is 3.92. The van der Waals surface area contributed by atoms with E-state index in [1.54, 1.807) is 0 Å². The van der Waals surface area contributed by atoms with Crippen molar-refractivity contribution >= 4 is 17.5 Å². The Kier molecular flexibility index (Phi) is 4.44. The minimum Gasteiger partial charge on any atom is -0.378 e. The van der Waals surface area contributed by atoms with Gasteiger partial charge in [0.05, 0.1) is 6.04 Å². The van der Waals surface area contributed by atoms with Crippen molar-refractivity contribution in [2.75, 3.05) is 25.5 Å². The lowest BCUT2D eigenvalue weighted by Crippen LogP contribution is -2.44. The van der Waals surface area contributed by atoms with Gasteiger partial charge >= 0.3 is 0 Å². The number of benzene rings is 1. The van der Waals surface area contributed by atoms with E-state index >= 15 is 0 Å². The maximum Gasteiger partial charge on any atom is 0.251 e. The van der Waals surface area contributed by atoms with Crippen LogP contribution in [0, 0.1) is 0 Å². The molecule has 1 N–H and O–H groups in total. The molecule has 1 unspecified atom stereocenters. The maximum absolute atomic E-state index is 12.3. The average molecular weight is 303 g/mol. The molecular weight excluding hydrogens is 278 g/mol. The third kappa shape index (κ3) is 3.59. The predicted octanol–water partition coefficient (Wildman–Crippen LogP) is 1.88. The molecule has 22 heavy (non-hydrogen) atoms. The van der Waals surface area contributed by atoms with E-state index in [-0.39, 0.29) is 23.4 Å². The Balaban J connectivity index is 2.00. The summed E-state index contributed by atoms with van der Waals surface area (Å²) in [6.45, 7) is 6.60. The minimum atomic E-state index is -0.204. The van der Waals surface area contributed by atoms with Gasteiger partial charge in [-0.2, -0.15) is 0 Å². The van der Waals surface area contributed by atoms with Crippen LogP contribution in [0.25, 0.3) is 0 Å². The number of hydrogen-bond acceptors (Lipinski definition) is 3. The fraction of sp³-hybridized carbons (Fsp3) is 0.529. The summed E-state index contributed by atoms with van der Waals surface area (Å²) < 4.78 is 0. The molecule has 0 aliphatic carbocycles. The van der Waals surface area contributed by atoms with Crippen LogP contribution in [0.2, 0.25) is 0 Å². The molecule has 1 aromatic carbocycles. The van der Waals surface area contributed by atoms with Gasteiger partial charge in [0.25, 0.3) is 5.91 Å². The number of rotatable bonds is 3. The van der Waals surface area contributed by atoms with Crippen molar-refractivity contribution in [2.24, 2.45) is 0 Å². The summed E-state index contributed by atoms with van der Waals surface area (Å²) in [5, 5.41) is 2.96. The molecule has 2 rings (SSSR count). The van der Waals surface area contributed by atoms with Crippen molar-refractivity contribution in [2.45, 2.75) is 38.8 Å². The van der Waals surface area contributed by atoms with Crippen LogP contribution in [-0.2, 0) is 4.79 Å². The molecule has 1 heterocycles. The fourth-order valence-electron chi connectivity index (χ4n) is 2.63. The van der Waals surface area contributed by atoms with E-state index in [1.807, 2.05) is 68.9 Å². The SMILES string of the molecule is CN(C)c1ccc(C(=O)NC2CC(=O)N(C(C)(C)C)C2)cc1. The van der Waals surface area contributed by atoms with E-state index < -0.39 is 0 Å². The third-order valence-electron chi connectivity index (χ3n) is 3.92. The molecular formula is C17H25N3O2. The normalized spacial score (nSPS) is 18.5. The monoisotopic (exact) mass is 303 g/mol. The second-order valence-corrected chi connectivity index (χ2v) is 6.99. The summed E-state index contributed by atoms with van der Waals surface area (Å²) in [6.07, 6.45) is 0.374. The van der Waals surface area contributed by atoms with Crippen molar-refractivity contribution in [3.63, 3.8) is 0 Å². The number of carbonyl (C=O) groups is 2. The van der Waals surface area contributed by atoms with Crippen LogP contribution in [0.5, 0.6) is 0 Å². The molecule has 2 amide bonds. The predicted molar refractivity (Wildman–Crippen MR) is 88.1 cm³/mol. The Morgan fingerprint density at radius 2 is 1.82 bits per heavy atom. The first kappa shape index (κ1) is 16.3. The van der Waals surface area contributed by atoms with E-state index in [0.29, 0.717) is 18.5 Å². The summed E-state index contributed by atoms with van der Waals surface area (Å²) in [5.74, 6) is -0.0281. The molecule has 0 bridgehead atoms. The molecule has 1 fully saturated rings. The van der Waals surface area contributed by atoms with Crippen LogP contribution in [0.4, 0.5) is 5.69 Å². The number of amides is 2. The first-order chi connectivity index (χ1) is 10.2. The number of nitrogens with one attached hydrogen (secondary N) is 1. The second-order valence-electron chi connectivity index (χ2n) is 6.99. The Labute approximate surface area is 132 Å². The van der Waals surface area contributed by atoms with Crippen molar-refractivity contribution in [3.05, 3.63) is 29.8 Å². The lowest BCUT2D eigenvalue weighted by molar-refractivity contribution is -0.131. The summed E-state index contributed by atoms with van der Waals surface area (Å²) in [6, 6.07) is 7.32. The molecule has 0 radical (unpaired) electrons.